The Kier molecular flexibility index (Phi) is 6.99. The molecule has 3 N–H and O–H groups in total. The molecule has 34 heavy (non-hydrogen) atoms. The van der Waals surface area contributed by atoms with Crippen molar-refractivity contribution in [1.82, 2.24) is 25.3 Å². The van der Waals surface area contributed by atoms with Gasteiger partial charge >= 0.3 is 0 Å². The second-order valence-electron chi connectivity index (χ2n) is 8.46. The van der Waals surface area contributed by atoms with Gasteiger partial charge in [0.15, 0.2) is 5.82 Å². The first-order valence-electron chi connectivity index (χ1n) is 10.9. The number of nitrogens with zero attached hydrogens (tertiary/aromatic N) is 3. The monoisotopic (exact) mass is 466 g/mol. The number of carbonyl (C=O) groups is 1. The molecule has 2 aromatic heterocycles. The van der Waals surface area contributed by atoms with Gasteiger partial charge in [0.2, 0.25) is 18.1 Å². The molecule has 0 atom stereocenters. The van der Waals surface area contributed by atoms with Gasteiger partial charge in [-0.15, -0.1) is 6.58 Å². The fourth-order valence-electron chi connectivity index (χ4n) is 3.49. The minimum atomic E-state index is -0.724. The molecule has 4 rings (SSSR count). The molecule has 1 aliphatic rings. The van der Waals surface area contributed by atoms with Crippen molar-refractivity contribution >= 4 is 11.9 Å². The van der Waals surface area contributed by atoms with Crippen LogP contribution in [0.25, 0.3) is 22.6 Å². The van der Waals surface area contributed by atoms with Gasteiger partial charge in [0.1, 0.15) is 5.82 Å². The summed E-state index contributed by atoms with van der Waals surface area (Å²) in [6.45, 7) is 8.87. The minimum absolute atomic E-state index is 0.102. The number of benzene rings is 1. The molecule has 1 amide bonds. The van der Waals surface area contributed by atoms with Crippen molar-refractivity contribution in [2.45, 2.75) is 20.1 Å². The third-order valence-electron chi connectivity index (χ3n) is 5.31. The number of aromatic nitrogens is 4. The maximum atomic E-state index is 13.5. The van der Waals surface area contributed by atoms with Gasteiger partial charge in [-0.2, -0.15) is 0 Å². The number of H-pyrrole nitrogens is 1. The SMILES string of the molecule is C=CCNc1nccc(-c2[nH]c(C3OCC(C)(CNC(C)=O)CO3)nc2-c2ccc(F)cc2)n1. The zero-order valence-electron chi connectivity index (χ0n) is 19.1. The van der Waals surface area contributed by atoms with Gasteiger partial charge in [-0.05, 0) is 30.3 Å². The fourth-order valence-corrected chi connectivity index (χ4v) is 3.49. The van der Waals surface area contributed by atoms with Crippen LogP contribution in [0, 0.1) is 11.2 Å². The van der Waals surface area contributed by atoms with E-state index in [0.717, 1.165) is 0 Å². The molecule has 0 spiro atoms. The average Bonchev–Trinajstić information content (AvgIpc) is 3.28. The molecule has 0 radical (unpaired) electrons. The molecule has 1 aromatic carbocycles. The van der Waals surface area contributed by atoms with Crippen molar-refractivity contribution in [3.63, 3.8) is 0 Å². The van der Waals surface area contributed by atoms with E-state index in [2.05, 4.69) is 32.2 Å². The summed E-state index contributed by atoms with van der Waals surface area (Å²) < 4.78 is 25.5. The first kappa shape index (κ1) is 23.5. The lowest BCUT2D eigenvalue weighted by Crippen LogP contribution is -2.45. The van der Waals surface area contributed by atoms with E-state index in [9.17, 15) is 9.18 Å². The lowest BCUT2D eigenvalue weighted by molar-refractivity contribution is -0.232. The number of rotatable bonds is 8. The summed E-state index contributed by atoms with van der Waals surface area (Å²) in [6.07, 6.45) is 2.63. The van der Waals surface area contributed by atoms with Gasteiger partial charge in [-0.3, -0.25) is 4.79 Å². The van der Waals surface area contributed by atoms with Crippen LogP contribution in [-0.2, 0) is 14.3 Å². The summed E-state index contributed by atoms with van der Waals surface area (Å²) in [4.78, 5) is 28.1. The second-order valence-corrected chi connectivity index (χ2v) is 8.46. The van der Waals surface area contributed by atoms with Crippen molar-refractivity contribution in [1.29, 1.82) is 0 Å². The molecular weight excluding hydrogens is 439 g/mol. The van der Waals surface area contributed by atoms with E-state index in [1.54, 1.807) is 30.5 Å². The van der Waals surface area contributed by atoms with Crippen LogP contribution >= 0.6 is 0 Å². The first-order valence-corrected chi connectivity index (χ1v) is 10.9. The fraction of sp³-hybridized carbons (Fsp3) is 0.333. The smallest absolute Gasteiger partial charge is 0.223 e. The maximum Gasteiger partial charge on any atom is 0.223 e. The van der Waals surface area contributed by atoms with Crippen LogP contribution in [0.3, 0.4) is 0 Å². The Morgan fingerprint density at radius 2 is 2.00 bits per heavy atom. The van der Waals surface area contributed by atoms with Crippen molar-refractivity contribution in [2.24, 2.45) is 5.41 Å². The zero-order chi connectivity index (χ0) is 24.1. The molecule has 10 heteroatoms. The zero-order valence-corrected chi connectivity index (χ0v) is 19.1. The first-order chi connectivity index (χ1) is 16.4. The van der Waals surface area contributed by atoms with Crippen molar-refractivity contribution in [2.75, 3.05) is 31.6 Å². The van der Waals surface area contributed by atoms with Gasteiger partial charge in [0.05, 0.1) is 30.3 Å². The van der Waals surface area contributed by atoms with Gasteiger partial charge in [0.25, 0.3) is 0 Å². The van der Waals surface area contributed by atoms with Gasteiger partial charge < -0.3 is 25.1 Å². The number of anilines is 1. The predicted octanol–water partition coefficient (Wildman–Crippen LogP) is 3.46. The Morgan fingerprint density at radius 1 is 1.26 bits per heavy atom. The molecule has 178 valence electrons. The Balaban J connectivity index is 1.63. The Labute approximate surface area is 196 Å². The van der Waals surface area contributed by atoms with E-state index in [1.165, 1.54) is 19.1 Å². The summed E-state index contributed by atoms with van der Waals surface area (Å²) in [7, 11) is 0. The number of nitrogens with one attached hydrogen (secondary N) is 3. The topological polar surface area (TPSA) is 114 Å². The molecule has 0 saturated carbocycles. The Morgan fingerprint density at radius 3 is 2.68 bits per heavy atom. The average molecular weight is 467 g/mol. The van der Waals surface area contributed by atoms with E-state index < -0.39 is 6.29 Å². The van der Waals surface area contributed by atoms with E-state index in [-0.39, 0.29) is 17.1 Å². The van der Waals surface area contributed by atoms with Crippen LogP contribution in [0.1, 0.15) is 26.0 Å². The number of aromatic amines is 1. The van der Waals surface area contributed by atoms with Crippen LogP contribution in [0.15, 0.2) is 49.2 Å². The highest BCUT2D eigenvalue weighted by atomic mass is 19.1. The predicted molar refractivity (Wildman–Crippen MR) is 125 cm³/mol. The number of ether oxygens (including phenoxy) is 2. The van der Waals surface area contributed by atoms with Crippen LogP contribution in [0.5, 0.6) is 0 Å². The van der Waals surface area contributed by atoms with Crippen LogP contribution < -0.4 is 10.6 Å². The molecule has 3 heterocycles. The second kappa shape index (κ2) is 10.1. The Bertz CT molecular complexity index is 1160. The Hall–Kier alpha value is -3.63. The highest BCUT2D eigenvalue weighted by Crippen LogP contribution is 2.35. The molecule has 3 aromatic rings. The number of imidazole rings is 1. The number of carbonyl (C=O) groups excluding carboxylic acids is 1. The quantitative estimate of drug-likeness (QED) is 0.436. The number of hydrogen-bond acceptors (Lipinski definition) is 7. The minimum Gasteiger partial charge on any atom is -0.356 e. The molecule has 1 aliphatic heterocycles. The largest absolute Gasteiger partial charge is 0.356 e. The molecule has 1 saturated heterocycles. The van der Waals surface area contributed by atoms with Crippen LogP contribution in [0.2, 0.25) is 0 Å². The van der Waals surface area contributed by atoms with Crippen LogP contribution in [-0.4, -0.2) is 52.1 Å². The summed E-state index contributed by atoms with van der Waals surface area (Å²) in [5.74, 6) is 0.471. The number of hydrogen-bond donors (Lipinski definition) is 3. The van der Waals surface area contributed by atoms with E-state index in [0.29, 0.717) is 60.7 Å². The molecule has 0 aliphatic carbocycles. The molecule has 1 fully saturated rings. The van der Waals surface area contributed by atoms with E-state index in [4.69, 9.17) is 14.5 Å². The number of amides is 1. The van der Waals surface area contributed by atoms with Gasteiger partial charge in [-0.25, -0.2) is 19.3 Å². The van der Waals surface area contributed by atoms with E-state index >= 15 is 0 Å². The summed E-state index contributed by atoms with van der Waals surface area (Å²) in [5, 5.41) is 5.88. The van der Waals surface area contributed by atoms with Gasteiger partial charge in [0, 0.05) is 37.2 Å². The molecule has 9 nitrogen and oxygen atoms in total. The molecule has 0 unspecified atom stereocenters. The normalized spacial score (nSPS) is 20.0. The summed E-state index contributed by atoms with van der Waals surface area (Å²) in [6, 6.07) is 7.83. The lowest BCUT2D eigenvalue weighted by atomic mass is 9.92. The third-order valence-corrected chi connectivity index (χ3v) is 5.31. The lowest BCUT2D eigenvalue weighted by Gasteiger charge is -2.36. The maximum absolute atomic E-state index is 13.5. The van der Waals surface area contributed by atoms with Crippen molar-refractivity contribution < 1.29 is 18.7 Å². The molecular formula is C24H27FN6O3. The van der Waals surface area contributed by atoms with Gasteiger partial charge in [-0.1, -0.05) is 13.0 Å². The summed E-state index contributed by atoms with van der Waals surface area (Å²) >= 11 is 0. The highest BCUT2D eigenvalue weighted by molar-refractivity contribution is 5.77. The van der Waals surface area contributed by atoms with Crippen LogP contribution in [0.4, 0.5) is 10.3 Å². The standard InChI is InChI=1S/C24H27FN6O3/c1-4-10-26-23-27-11-9-18(29-23)20-19(16-5-7-17(25)8-6-16)30-21(31-20)22-33-13-24(3,14-34-22)12-28-15(2)32/h4-9,11,22H,1,10,12-14H2,2-3H3,(H,28,32)(H,30,31)(H,26,27,29). The van der Waals surface area contributed by atoms with Crippen molar-refractivity contribution in [3.8, 4) is 22.6 Å². The number of halogens is 1. The third kappa shape index (κ3) is 5.46. The van der Waals surface area contributed by atoms with Crippen molar-refractivity contribution in [3.05, 3.63) is 60.8 Å². The summed E-state index contributed by atoms with van der Waals surface area (Å²) in [5.41, 5.74) is 2.18. The van der Waals surface area contributed by atoms with E-state index in [1.807, 2.05) is 6.92 Å². The molecule has 0 bridgehead atoms. The highest BCUT2D eigenvalue weighted by Gasteiger charge is 2.35.